The summed E-state index contributed by atoms with van der Waals surface area (Å²) in [6.07, 6.45) is 3.69. The molecule has 20 heavy (non-hydrogen) atoms. The molecule has 1 aromatic carbocycles. The molecular weight excluding hydrogens is 244 g/mol. The SMILES string of the molecule is CCCNC(C)c1ccc2c(c1)CCN2CCC(C)C. The Kier molecular flexibility index (Phi) is 5.47. The number of fused-ring (bicyclic) bond motifs is 1. The Bertz CT molecular complexity index is 425. The maximum Gasteiger partial charge on any atom is 0.0399 e. The second-order valence-corrected chi connectivity index (χ2v) is 6.48. The van der Waals surface area contributed by atoms with E-state index in [2.05, 4.69) is 56.1 Å². The Hall–Kier alpha value is -1.02. The zero-order chi connectivity index (χ0) is 14.5. The minimum Gasteiger partial charge on any atom is -0.371 e. The molecule has 0 radical (unpaired) electrons. The first-order chi connectivity index (χ1) is 9.61. The lowest BCUT2D eigenvalue weighted by Gasteiger charge is -2.21. The smallest absolute Gasteiger partial charge is 0.0399 e. The minimum absolute atomic E-state index is 0.463. The Labute approximate surface area is 124 Å². The number of rotatable bonds is 7. The van der Waals surface area contributed by atoms with Crippen LogP contribution in [0.5, 0.6) is 0 Å². The molecule has 1 unspecified atom stereocenters. The van der Waals surface area contributed by atoms with Gasteiger partial charge in [-0.2, -0.15) is 0 Å². The van der Waals surface area contributed by atoms with Crippen LogP contribution in [-0.2, 0) is 6.42 Å². The number of hydrogen-bond donors (Lipinski definition) is 1. The standard InChI is InChI=1S/C18H30N2/c1-5-10-19-15(4)16-6-7-18-17(13-16)9-12-20(18)11-8-14(2)3/h6-7,13-15,19H,5,8-12H2,1-4H3. The highest BCUT2D eigenvalue weighted by atomic mass is 15.1. The van der Waals surface area contributed by atoms with Gasteiger partial charge in [0.15, 0.2) is 0 Å². The molecule has 1 aliphatic rings. The predicted octanol–water partition coefficient (Wildman–Crippen LogP) is 4.16. The van der Waals surface area contributed by atoms with Crippen LogP contribution in [0, 0.1) is 5.92 Å². The highest BCUT2D eigenvalue weighted by molar-refractivity contribution is 5.59. The Morgan fingerprint density at radius 2 is 2.05 bits per heavy atom. The molecule has 112 valence electrons. The molecular formula is C18H30N2. The van der Waals surface area contributed by atoms with E-state index in [1.807, 2.05) is 0 Å². The predicted molar refractivity (Wildman–Crippen MR) is 88.5 cm³/mol. The van der Waals surface area contributed by atoms with E-state index in [0.29, 0.717) is 6.04 Å². The summed E-state index contributed by atoms with van der Waals surface area (Å²) in [5.41, 5.74) is 4.44. The maximum absolute atomic E-state index is 3.58. The first kappa shape index (κ1) is 15.4. The lowest BCUT2D eigenvalue weighted by molar-refractivity contribution is 0.570. The van der Waals surface area contributed by atoms with E-state index in [1.54, 1.807) is 0 Å². The molecule has 1 aromatic rings. The van der Waals surface area contributed by atoms with Crippen LogP contribution < -0.4 is 10.2 Å². The van der Waals surface area contributed by atoms with Crippen LogP contribution in [0.25, 0.3) is 0 Å². The van der Waals surface area contributed by atoms with Gasteiger partial charge in [0.1, 0.15) is 0 Å². The van der Waals surface area contributed by atoms with Crippen LogP contribution in [-0.4, -0.2) is 19.6 Å². The second kappa shape index (κ2) is 7.12. The molecule has 1 atom stereocenters. The maximum atomic E-state index is 3.58. The van der Waals surface area contributed by atoms with Gasteiger partial charge in [-0.25, -0.2) is 0 Å². The van der Waals surface area contributed by atoms with Gasteiger partial charge in [0.05, 0.1) is 0 Å². The molecule has 1 heterocycles. The van der Waals surface area contributed by atoms with Gasteiger partial charge in [-0.05, 0) is 55.8 Å². The Morgan fingerprint density at radius 3 is 2.75 bits per heavy atom. The average molecular weight is 274 g/mol. The third kappa shape index (κ3) is 3.76. The normalized spacial score (nSPS) is 15.8. The molecule has 0 bridgehead atoms. The second-order valence-electron chi connectivity index (χ2n) is 6.48. The molecule has 1 N–H and O–H groups in total. The molecule has 0 aromatic heterocycles. The molecule has 1 aliphatic heterocycles. The lowest BCUT2D eigenvalue weighted by Crippen LogP contribution is -2.23. The van der Waals surface area contributed by atoms with E-state index in [9.17, 15) is 0 Å². The summed E-state index contributed by atoms with van der Waals surface area (Å²) in [5.74, 6) is 0.789. The molecule has 2 nitrogen and oxygen atoms in total. The first-order valence-corrected chi connectivity index (χ1v) is 8.23. The molecule has 0 spiro atoms. The van der Waals surface area contributed by atoms with Gasteiger partial charge >= 0.3 is 0 Å². The lowest BCUT2D eigenvalue weighted by atomic mass is 10.0. The number of benzene rings is 1. The number of hydrogen-bond acceptors (Lipinski definition) is 2. The van der Waals surface area contributed by atoms with Crippen molar-refractivity contribution in [3.8, 4) is 0 Å². The molecule has 0 saturated carbocycles. The van der Waals surface area contributed by atoms with Gasteiger partial charge in [0.2, 0.25) is 0 Å². The van der Waals surface area contributed by atoms with Crippen molar-refractivity contribution in [2.24, 2.45) is 5.92 Å². The summed E-state index contributed by atoms with van der Waals surface area (Å²) >= 11 is 0. The number of nitrogens with zero attached hydrogens (tertiary/aromatic N) is 1. The summed E-state index contributed by atoms with van der Waals surface area (Å²) in [6, 6.07) is 7.52. The van der Waals surface area contributed by atoms with Gasteiger partial charge in [-0.1, -0.05) is 32.9 Å². The van der Waals surface area contributed by atoms with E-state index < -0.39 is 0 Å². The van der Waals surface area contributed by atoms with E-state index in [-0.39, 0.29) is 0 Å². The van der Waals surface area contributed by atoms with Crippen molar-refractivity contribution >= 4 is 5.69 Å². The van der Waals surface area contributed by atoms with Crippen molar-refractivity contribution < 1.29 is 0 Å². The topological polar surface area (TPSA) is 15.3 Å². The van der Waals surface area contributed by atoms with E-state index in [4.69, 9.17) is 0 Å². The minimum atomic E-state index is 0.463. The van der Waals surface area contributed by atoms with Crippen LogP contribution in [0.3, 0.4) is 0 Å². The van der Waals surface area contributed by atoms with Crippen molar-refractivity contribution in [2.45, 2.75) is 53.0 Å². The van der Waals surface area contributed by atoms with E-state index in [1.165, 1.54) is 49.2 Å². The van der Waals surface area contributed by atoms with Crippen molar-refractivity contribution in [1.29, 1.82) is 0 Å². The van der Waals surface area contributed by atoms with Crippen molar-refractivity contribution in [3.05, 3.63) is 29.3 Å². The summed E-state index contributed by atoms with van der Waals surface area (Å²) in [4.78, 5) is 2.56. The molecule has 2 rings (SSSR count). The molecule has 0 aliphatic carbocycles. The van der Waals surface area contributed by atoms with Gasteiger partial charge in [-0.3, -0.25) is 0 Å². The third-order valence-electron chi connectivity index (χ3n) is 4.27. The fourth-order valence-corrected chi connectivity index (χ4v) is 2.88. The molecule has 0 saturated heterocycles. The fourth-order valence-electron chi connectivity index (χ4n) is 2.88. The van der Waals surface area contributed by atoms with Gasteiger partial charge in [-0.15, -0.1) is 0 Å². The average Bonchev–Trinajstić information content (AvgIpc) is 2.84. The van der Waals surface area contributed by atoms with Gasteiger partial charge in [0.25, 0.3) is 0 Å². The van der Waals surface area contributed by atoms with Crippen molar-refractivity contribution in [3.63, 3.8) is 0 Å². The van der Waals surface area contributed by atoms with Crippen molar-refractivity contribution in [2.75, 3.05) is 24.5 Å². The van der Waals surface area contributed by atoms with Gasteiger partial charge in [0, 0.05) is 24.8 Å². The number of nitrogens with one attached hydrogen (secondary N) is 1. The molecule has 2 heteroatoms. The summed E-state index contributed by atoms with van der Waals surface area (Å²) in [7, 11) is 0. The van der Waals surface area contributed by atoms with Crippen LogP contribution >= 0.6 is 0 Å². The number of anilines is 1. The Morgan fingerprint density at radius 1 is 1.25 bits per heavy atom. The monoisotopic (exact) mass is 274 g/mol. The summed E-state index contributed by atoms with van der Waals surface area (Å²) < 4.78 is 0. The van der Waals surface area contributed by atoms with E-state index in [0.717, 1.165) is 12.5 Å². The van der Waals surface area contributed by atoms with Crippen molar-refractivity contribution in [1.82, 2.24) is 5.32 Å². The Balaban J connectivity index is 2.02. The third-order valence-corrected chi connectivity index (χ3v) is 4.27. The highest BCUT2D eigenvalue weighted by Gasteiger charge is 2.19. The summed E-state index contributed by atoms with van der Waals surface area (Å²) in [6.45, 7) is 12.6. The van der Waals surface area contributed by atoms with Gasteiger partial charge < -0.3 is 10.2 Å². The zero-order valence-corrected chi connectivity index (χ0v) is 13.6. The highest BCUT2D eigenvalue weighted by Crippen LogP contribution is 2.30. The fraction of sp³-hybridized carbons (Fsp3) is 0.667. The largest absolute Gasteiger partial charge is 0.371 e. The van der Waals surface area contributed by atoms with Crippen LogP contribution in [0.2, 0.25) is 0 Å². The van der Waals surface area contributed by atoms with Crippen LogP contribution in [0.1, 0.15) is 57.7 Å². The molecule has 0 fully saturated rings. The zero-order valence-electron chi connectivity index (χ0n) is 13.6. The summed E-state index contributed by atoms with van der Waals surface area (Å²) in [5, 5.41) is 3.58. The molecule has 0 amide bonds. The van der Waals surface area contributed by atoms with Crippen LogP contribution in [0.15, 0.2) is 18.2 Å². The quantitative estimate of drug-likeness (QED) is 0.803. The van der Waals surface area contributed by atoms with E-state index >= 15 is 0 Å². The first-order valence-electron chi connectivity index (χ1n) is 8.23. The van der Waals surface area contributed by atoms with Crippen LogP contribution in [0.4, 0.5) is 5.69 Å².